The van der Waals surface area contributed by atoms with Crippen molar-refractivity contribution in [1.82, 2.24) is 4.31 Å². The monoisotopic (exact) mass is 423 g/mol. The van der Waals surface area contributed by atoms with Crippen LogP contribution in [0.5, 0.6) is 0 Å². The van der Waals surface area contributed by atoms with Gasteiger partial charge in [-0.2, -0.15) is 4.31 Å². The maximum absolute atomic E-state index is 13.5. The number of nitrogens with zero attached hydrogens (tertiary/aromatic N) is 1. The molecule has 1 N–H and O–H groups in total. The van der Waals surface area contributed by atoms with E-state index >= 15 is 0 Å². The first-order valence-electron chi connectivity index (χ1n) is 8.97. The van der Waals surface area contributed by atoms with Gasteiger partial charge in [0.1, 0.15) is 5.76 Å². The molecule has 0 bridgehead atoms. The summed E-state index contributed by atoms with van der Waals surface area (Å²) >= 11 is 0. The topological polar surface area (TPSA) is 105 Å². The second kappa shape index (κ2) is 7.14. The van der Waals surface area contributed by atoms with Crippen LogP contribution in [0.2, 0.25) is 0 Å². The number of allylic oxidation sites excluding steroid dienone is 1. The van der Waals surface area contributed by atoms with Crippen molar-refractivity contribution in [1.29, 1.82) is 0 Å². The summed E-state index contributed by atoms with van der Waals surface area (Å²) in [5.41, 5.74) is 1.91. The molecule has 0 unspecified atom stereocenters. The third kappa shape index (κ3) is 3.67. The van der Waals surface area contributed by atoms with Crippen molar-refractivity contribution >= 4 is 25.9 Å². The van der Waals surface area contributed by atoms with Gasteiger partial charge in [-0.1, -0.05) is 24.3 Å². The summed E-state index contributed by atoms with van der Waals surface area (Å²) in [7, 11) is -7.51. The van der Waals surface area contributed by atoms with Crippen LogP contribution in [0, 0.1) is 0 Å². The van der Waals surface area contributed by atoms with Crippen molar-refractivity contribution in [3.63, 3.8) is 0 Å². The molecule has 0 spiro atoms. The standard InChI is InChI=1S/C19H21NO6S2/c21-19-13-27(22,23)12-18(19)20(11-16-6-3-9-26-16)28(24,25)17-8-7-14-4-1-2-5-15(14)10-17/h1-6,9-10,18-19,21H,7-8,11-13H2/t18-,19-/m1/s1. The molecule has 28 heavy (non-hydrogen) atoms. The van der Waals surface area contributed by atoms with Crippen molar-refractivity contribution in [2.24, 2.45) is 0 Å². The number of aryl methyl sites for hydroxylation is 1. The molecule has 1 aliphatic carbocycles. The van der Waals surface area contributed by atoms with E-state index < -0.39 is 43.5 Å². The Morgan fingerprint density at radius 2 is 1.89 bits per heavy atom. The first kappa shape index (κ1) is 19.4. The van der Waals surface area contributed by atoms with Gasteiger partial charge in [0.25, 0.3) is 0 Å². The van der Waals surface area contributed by atoms with Crippen molar-refractivity contribution in [3.8, 4) is 0 Å². The van der Waals surface area contributed by atoms with Crippen molar-refractivity contribution in [2.75, 3.05) is 11.5 Å². The van der Waals surface area contributed by atoms with E-state index in [-0.39, 0.29) is 11.4 Å². The Morgan fingerprint density at radius 1 is 1.11 bits per heavy atom. The molecule has 2 heterocycles. The molecule has 1 saturated heterocycles. The summed E-state index contributed by atoms with van der Waals surface area (Å²) in [4.78, 5) is 0.217. The third-order valence-electron chi connectivity index (χ3n) is 5.21. The lowest BCUT2D eigenvalue weighted by molar-refractivity contribution is 0.122. The molecule has 1 fully saturated rings. The summed E-state index contributed by atoms with van der Waals surface area (Å²) in [6.07, 6.45) is 2.70. The summed E-state index contributed by atoms with van der Waals surface area (Å²) in [6.45, 7) is -0.133. The Labute approximate surface area is 164 Å². The molecular weight excluding hydrogens is 402 g/mol. The van der Waals surface area contributed by atoms with Crippen LogP contribution in [0.25, 0.3) is 6.08 Å². The van der Waals surface area contributed by atoms with Crippen LogP contribution in [-0.4, -0.2) is 49.9 Å². The Hall–Kier alpha value is -1.94. The van der Waals surface area contributed by atoms with Crippen LogP contribution in [0.1, 0.15) is 23.3 Å². The van der Waals surface area contributed by atoms with E-state index in [2.05, 4.69) is 0 Å². The van der Waals surface area contributed by atoms with Gasteiger partial charge in [-0.25, -0.2) is 16.8 Å². The number of furan rings is 1. The van der Waals surface area contributed by atoms with Gasteiger partial charge in [-0.3, -0.25) is 0 Å². The number of rotatable bonds is 5. The minimum atomic E-state index is -4.00. The largest absolute Gasteiger partial charge is 0.468 e. The average Bonchev–Trinajstić information content (AvgIpc) is 3.25. The van der Waals surface area contributed by atoms with Crippen LogP contribution < -0.4 is 0 Å². The number of hydrogen-bond donors (Lipinski definition) is 1. The van der Waals surface area contributed by atoms with Crippen molar-refractivity contribution < 1.29 is 26.4 Å². The zero-order valence-electron chi connectivity index (χ0n) is 15.1. The molecule has 7 nitrogen and oxygen atoms in total. The lowest BCUT2D eigenvalue weighted by Crippen LogP contribution is -2.46. The number of sulfonamides is 1. The Morgan fingerprint density at radius 3 is 2.57 bits per heavy atom. The molecule has 2 aromatic rings. The number of benzene rings is 1. The molecule has 0 saturated carbocycles. The highest BCUT2D eigenvalue weighted by Gasteiger charge is 2.45. The second-order valence-electron chi connectivity index (χ2n) is 7.15. The molecule has 1 aromatic carbocycles. The van der Waals surface area contributed by atoms with Crippen LogP contribution >= 0.6 is 0 Å². The highest BCUT2D eigenvalue weighted by molar-refractivity contribution is 7.93. The summed E-state index contributed by atoms with van der Waals surface area (Å²) in [5.74, 6) is -0.460. The number of aliphatic hydroxyl groups excluding tert-OH is 1. The molecule has 2 aliphatic rings. The van der Waals surface area contributed by atoms with Gasteiger partial charge in [-0.05, 0) is 42.2 Å². The van der Waals surface area contributed by atoms with E-state index in [0.29, 0.717) is 18.6 Å². The quantitative estimate of drug-likeness (QED) is 0.783. The van der Waals surface area contributed by atoms with Gasteiger partial charge in [-0.15, -0.1) is 0 Å². The lowest BCUT2D eigenvalue weighted by Gasteiger charge is -2.30. The van der Waals surface area contributed by atoms with E-state index in [1.54, 1.807) is 18.2 Å². The fraction of sp³-hybridized carbons (Fsp3) is 0.368. The second-order valence-corrected chi connectivity index (χ2v) is 11.2. The first-order chi connectivity index (χ1) is 13.3. The van der Waals surface area contributed by atoms with Gasteiger partial charge in [0, 0.05) is 0 Å². The normalized spacial score (nSPS) is 24.1. The lowest BCUT2D eigenvalue weighted by atomic mass is 9.98. The average molecular weight is 424 g/mol. The molecule has 0 amide bonds. The molecule has 0 radical (unpaired) electrons. The van der Waals surface area contributed by atoms with Crippen LogP contribution in [0.15, 0.2) is 52.0 Å². The highest BCUT2D eigenvalue weighted by atomic mass is 32.2. The van der Waals surface area contributed by atoms with Crippen molar-refractivity contribution in [2.45, 2.75) is 31.5 Å². The summed E-state index contributed by atoms with van der Waals surface area (Å²) in [6, 6.07) is 9.80. The Kier molecular flexibility index (Phi) is 4.95. The van der Waals surface area contributed by atoms with Gasteiger partial charge >= 0.3 is 0 Å². The SMILES string of the molecule is O=S1(=O)C[C@@H](O)[C@H](N(Cc2ccco2)S(=O)(=O)C2=Cc3ccccc3CC2)C1. The first-order valence-corrected chi connectivity index (χ1v) is 12.2. The van der Waals surface area contributed by atoms with Gasteiger partial charge in [0.05, 0.1) is 41.4 Å². The van der Waals surface area contributed by atoms with E-state index in [4.69, 9.17) is 4.42 Å². The van der Waals surface area contributed by atoms with Crippen LogP contribution in [0.4, 0.5) is 0 Å². The van der Waals surface area contributed by atoms with Crippen LogP contribution in [0.3, 0.4) is 0 Å². The van der Waals surface area contributed by atoms with Crippen LogP contribution in [-0.2, 0) is 32.8 Å². The predicted octanol–water partition coefficient (Wildman–Crippen LogP) is 1.56. The number of fused-ring (bicyclic) bond motifs is 1. The van der Waals surface area contributed by atoms with Gasteiger partial charge < -0.3 is 9.52 Å². The molecule has 1 aliphatic heterocycles. The zero-order valence-corrected chi connectivity index (χ0v) is 16.7. The summed E-state index contributed by atoms with van der Waals surface area (Å²) < 4.78 is 57.3. The number of aliphatic hydroxyl groups is 1. The Bertz CT molecular complexity index is 1100. The number of hydrogen-bond acceptors (Lipinski definition) is 6. The van der Waals surface area contributed by atoms with E-state index in [1.807, 2.05) is 24.3 Å². The fourth-order valence-electron chi connectivity index (χ4n) is 3.78. The maximum Gasteiger partial charge on any atom is 0.240 e. The van der Waals surface area contributed by atoms with E-state index in [1.165, 1.54) is 6.26 Å². The van der Waals surface area contributed by atoms with Gasteiger partial charge in [0.2, 0.25) is 10.0 Å². The molecule has 1 aromatic heterocycles. The minimum absolute atomic E-state index is 0.133. The van der Waals surface area contributed by atoms with Crippen molar-refractivity contribution in [3.05, 3.63) is 64.5 Å². The smallest absolute Gasteiger partial charge is 0.240 e. The third-order valence-corrected chi connectivity index (χ3v) is 8.91. The Balaban J connectivity index is 1.74. The van der Waals surface area contributed by atoms with E-state index in [9.17, 15) is 21.9 Å². The molecular formula is C19H21NO6S2. The highest BCUT2D eigenvalue weighted by Crippen LogP contribution is 2.33. The van der Waals surface area contributed by atoms with E-state index in [0.717, 1.165) is 15.4 Å². The maximum atomic E-state index is 13.5. The molecule has 150 valence electrons. The molecule has 4 rings (SSSR count). The number of sulfone groups is 1. The summed E-state index contributed by atoms with van der Waals surface area (Å²) in [5, 5.41) is 10.3. The fourth-order valence-corrected chi connectivity index (χ4v) is 7.48. The van der Waals surface area contributed by atoms with Gasteiger partial charge in [0.15, 0.2) is 9.84 Å². The minimum Gasteiger partial charge on any atom is -0.468 e. The predicted molar refractivity (Wildman–Crippen MR) is 104 cm³/mol. The molecule has 9 heteroatoms. The zero-order chi connectivity index (χ0) is 19.9. The molecule has 2 atom stereocenters.